The van der Waals surface area contributed by atoms with E-state index < -0.39 is 0 Å². The van der Waals surface area contributed by atoms with E-state index in [4.69, 9.17) is 14.5 Å². The van der Waals surface area contributed by atoms with E-state index >= 15 is 0 Å². The van der Waals surface area contributed by atoms with Gasteiger partial charge in [0.1, 0.15) is 6.10 Å². The first-order chi connectivity index (χ1) is 15.7. The van der Waals surface area contributed by atoms with Gasteiger partial charge < -0.3 is 19.7 Å². The zero-order valence-electron chi connectivity index (χ0n) is 18.7. The minimum Gasteiger partial charge on any atom is -0.383 e. The van der Waals surface area contributed by atoms with E-state index in [1.54, 1.807) is 7.11 Å². The third-order valence-corrected chi connectivity index (χ3v) is 6.12. The summed E-state index contributed by atoms with van der Waals surface area (Å²) >= 11 is 0. The van der Waals surface area contributed by atoms with E-state index in [1.807, 2.05) is 35.2 Å². The Morgan fingerprint density at radius 2 is 2.00 bits per heavy atom. The highest BCUT2D eigenvalue weighted by atomic mass is 16.5. The number of piperidine rings is 1. The molecule has 0 bridgehead atoms. The number of nitrogens with zero attached hydrogens (tertiary/aromatic N) is 3. The van der Waals surface area contributed by atoms with Crippen LogP contribution < -0.4 is 5.32 Å². The zero-order valence-corrected chi connectivity index (χ0v) is 18.7. The molecule has 2 aromatic rings. The number of ether oxygens (including phenoxy) is 2. The van der Waals surface area contributed by atoms with Crippen molar-refractivity contribution >= 4 is 22.7 Å². The molecule has 2 aliphatic heterocycles. The molecule has 1 aromatic carbocycles. The number of hydrogen-bond donors (Lipinski definition) is 1. The van der Waals surface area contributed by atoms with E-state index in [2.05, 4.69) is 10.2 Å². The van der Waals surface area contributed by atoms with Crippen LogP contribution in [0.5, 0.6) is 0 Å². The molecule has 0 radical (unpaired) electrons. The van der Waals surface area contributed by atoms with E-state index in [9.17, 15) is 9.59 Å². The molecule has 2 amide bonds. The van der Waals surface area contributed by atoms with Crippen LogP contribution in [-0.4, -0.2) is 86.2 Å². The van der Waals surface area contributed by atoms with Crippen molar-refractivity contribution < 1.29 is 19.1 Å². The van der Waals surface area contributed by atoms with Gasteiger partial charge in [0, 0.05) is 45.2 Å². The Morgan fingerprint density at radius 3 is 2.81 bits per heavy atom. The predicted molar refractivity (Wildman–Crippen MR) is 122 cm³/mol. The van der Waals surface area contributed by atoms with Gasteiger partial charge in [-0.3, -0.25) is 14.5 Å². The first-order valence-electron chi connectivity index (χ1n) is 11.4. The third-order valence-electron chi connectivity index (χ3n) is 6.12. The smallest absolute Gasteiger partial charge is 0.252 e. The zero-order chi connectivity index (χ0) is 22.3. The number of carbonyl (C=O) groups excluding carboxylic acids is 2. The highest BCUT2D eigenvalue weighted by Crippen LogP contribution is 2.26. The van der Waals surface area contributed by atoms with Crippen LogP contribution >= 0.6 is 0 Å². The topological polar surface area (TPSA) is 84.0 Å². The summed E-state index contributed by atoms with van der Waals surface area (Å²) in [6.07, 6.45) is 3.10. The van der Waals surface area contributed by atoms with Crippen LogP contribution in [0.15, 0.2) is 30.3 Å². The van der Waals surface area contributed by atoms with Gasteiger partial charge in [0.25, 0.3) is 5.91 Å². The van der Waals surface area contributed by atoms with Crippen molar-refractivity contribution in [1.29, 1.82) is 0 Å². The second kappa shape index (κ2) is 10.8. The van der Waals surface area contributed by atoms with Gasteiger partial charge in [-0.2, -0.15) is 0 Å². The molecule has 1 N–H and O–H groups in total. The highest BCUT2D eigenvalue weighted by molar-refractivity contribution is 6.06. The van der Waals surface area contributed by atoms with Gasteiger partial charge in [-0.05, 0) is 31.4 Å². The van der Waals surface area contributed by atoms with Crippen LogP contribution in [0.25, 0.3) is 10.9 Å². The number of rotatable bonds is 7. The Bertz CT molecular complexity index is 945. The second-order valence-corrected chi connectivity index (χ2v) is 8.40. The molecule has 1 aromatic heterocycles. The maximum absolute atomic E-state index is 12.9. The number of fused-ring (bicyclic) bond motifs is 1. The molecule has 2 fully saturated rings. The summed E-state index contributed by atoms with van der Waals surface area (Å²) in [4.78, 5) is 34.5. The number of morpholine rings is 1. The number of aromatic nitrogens is 1. The first kappa shape index (κ1) is 22.6. The number of pyridine rings is 1. The fourth-order valence-electron chi connectivity index (χ4n) is 4.37. The minimum absolute atomic E-state index is 0.158. The van der Waals surface area contributed by atoms with Gasteiger partial charge in [0.05, 0.1) is 36.5 Å². The standard InChI is InChI=1S/C24H32N4O4/c1-31-13-9-25-24(30)19-15-21(26-20-8-4-3-7-18(19)20)22-16-27(12-14-32-22)17-23(29)28-10-5-2-6-11-28/h3-4,7-8,15,22H,2,5-6,9-14,16-17H2,1H3,(H,25,30)/t22-/m1/s1. The van der Waals surface area contributed by atoms with Crippen LogP contribution in [0.2, 0.25) is 0 Å². The van der Waals surface area contributed by atoms with E-state index in [0.717, 1.165) is 42.5 Å². The van der Waals surface area contributed by atoms with Gasteiger partial charge in [0.2, 0.25) is 5.91 Å². The second-order valence-electron chi connectivity index (χ2n) is 8.40. The molecule has 172 valence electrons. The fourth-order valence-corrected chi connectivity index (χ4v) is 4.37. The Kier molecular flexibility index (Phi) is 7.68. The summed E-state index contributed by atoms with van der Waals surface area (Å²) in [6.45, 7) is 4.84. The summed E-state index contributed by atoms with van der Waals surface area (Å²) in [6, 6.07) is 9.46. The lowest BCUT2D eigenvalue weighted by Crippen LogP contribution is -2.47. The molecule has 4 rings (SSSR count). The number of nitrogens with one attached hydrogen (secondary N) is 1. The molecule has 8 nitrogen and oxygen atoms in total. The van der Waals surface area contributed by atoms with E-state index in [0.29, 0.717) is 45.0 Å². The molecular weight excluding hydrogens is 408 g/mol. The Morgan fingerprint density at radius 1 is 1.19 bits per heavy atom. The molecule has 8 heteroatoms. The summed E-state index contributed by atoms with van der Waals surface area (Å²) in [5.41, 5.74) is 2.05. The van der Waals surface area contributed by atoms with Crippen LogP contribution in [0.1, 0.15) is 41.4 Å². The Labute approximate surface area is 188 Å². The molecule has 2 aliphatic rings. The third kappa shape index (κ3) is 5.43. The number of amides is 2. The van der Waals surface area contributed by atoms with Gasteiger partial charge >= 0.3 is 0 Å². The SMILES string of the molecule is COCCNC(=O)c1cc([C@H]2CN(CC(=O)N3CCCCC3)CCO2)nc2ccccc12. The molecule has 0 aliphatic carbocycles. The Hall–Kier alpha value is -2.55. The van der Waals surface area contributed by atoms with Crippen molar-refractivity contribution in [3.05, 3.63) is 41.6 Å². The van der Waals surface area contributed by atoms with Crippen molar-refractivity contribution in [1.82, 2.24) is 20.1 Å². The minimum atomic E-state index is -0.284. The average molecular weight is 441 g/mol. The average Bonchev–Trinajstić information content (AvgIpc) is 2.84. The molecule has 32 heavy (non-hydrogen) atoms. The highest BCUT2D eigenvalue weighted by Gasteiger charge is 2.27. The number of methoxy groups -OCH3 is 1. The lowest BCUT2D eigenvalue weighted by molar-refractivity contribution is -0.135. The van der Waals surface area contributed by atoms with Gasteiger partial charge in [0.15, 0.2) is 0 Å². The van der Waals surface area contributed by atoms with Crippen LogP contribution in [0, 0.1) is 0 Å². The Balaban J connectivity index is 1.50. The monoisotopic (exact) mass is 440 g/mol. The molecule has 0 saturated carbocycles. The lowest BCUT2D eigenvalue weighted by atomic mass is 10.0. The molecule has 0 unspecified atom stereocenters. The summed E-state index contributed by atoms with van der Waals surface area (Å²) < 4.78 is 11.1. The first-order valence-corrected chi connectivity index (χ1v) is 11.4. The maximum Gasteiger partial charge on any atom is 0.252 e. The molecular formula is C24H32N4O4. The maximum atomic E-state index is 12.9. The normalized spacial score (nSPS) is 19.8. The number of benzene rings is 1. The number of carbonyl (C=O) groups is 2. The predicted octanol–water partition coefficient (Wildman–Crippen LogP) is 2.00. The molecule has 2 saturated heterocycles. The van der Waals surface area contributed by atoms with Crippen LogP contribution in [0.4, 0.5) is 0 Å². The van der Waals surface area contributed by atoms with Crippen LogP contribution in [-0.2, 0) is 14.3 Å². The van der Waals surface area contributed by atoms with E-state index in [-0.39, 0.29) is 17.9 Å². The van der Waals surface area contributed by atoms with Gasteiger partial charge in [-0.1, -0.05) is 18.2 Å². The largest absolute Gasteiger partial charge is 0.383 e. The number of likely N-dealkylation sites (tertiary alicyclic amines) is 1. The number of hydrogen-bond acceptors (Lipinski definition) is 6. The van der Waals surface area contributed by atoms with E-state index in [1.165, 1.54) is 6.42 Å². The van der Waals surface area contributed by atoms with Crippen molar-refractivity contribution in [3.8, 4) is 0 Å². The summed E-state index contributed by atoms with van der Waals surface area (Å²) in [5.74, 6) is 0.0323. The molecule has 3 heterocycles. The van der Waals surface area contributed by atoms with Gasteiger partial charge in [-0.15, -0.1) is 0 Å². The quantitative estimate of drug-likeness (QED) is 0.663. The molecule has 1 atom stereocenters. The molecule has 0 spiro atoms. The van der Waals surface area contributed by atoms with Crippen molar-refractivity contribution in [2.45, 2.75) is 25.4 Å². The van der Waals surface area contributed by atoms with Crippen molar-refractivity contribution in [2.75, 3.05) is 59.6 Å². The summed E-state index contributed by atoms with van der Waals surface area (Å²) in [7, 11) is 1.61. The van der Waals surface area contributed by atoms with Crippen molar-refractivity contribution in [3.63, 3.8) is 0 Å². The number of para-hydroxylation sites is 1. The lowest BCUT2D eigenvalue weighted by Gasteiger charge is -2.34. The van der Waals surface area contributed by atoms with Crippen LogP contribution in [0.3, 0.4) is 0 Å². The summed E-state index contributed by atoms with van der Waals surface area (Å²) in [5, 5.41) is 3.70. The van der Waals surface area contributed by atoms with Gasteiger partial charge in [-0.25, -0.2) is 4.98 Å². The van der Waals surface area contributed by atoms with Crippen molar-refractivity contribution in [2.24, 2.45) is 0 Å². The fraction of sp³-hybridized carbons (Fsp3) is 0.542.